The lowest BCUT2D eigenvalue weighted by molar-refractivity contribution is -0.141. The van der Waals surface area contributed by atoms with Crippen LogP contribution in [0.4, 0.5) is 0 Å². The summed E-state index contributed by atoms with van der Waals surface area (Å²) in [6.07, 6.45) is 3.10. The minimum absolute atomic E-state index is 0.244. The standard InChI is InChI=1S/C12H25NO2/c1-5-7-12(3,4)9-13-8-6-10(2)11(14)15/h10,13H,5-9H2,1-4H3,(H,14,15). The summed E-state index contributed by atoms with van der Waals surface area (Å²) in [7, 11) is 0. The molecule has 0 aromatic heterocycles. The van der Waals surface area contributed by atoms with Gasteiger partial charge in [-0.2, -0.15) is 0 Å². The number of carbonyl (C=O) groups is 1. The molecule has 0 aliphatic rings. The zero-order valence-corrected chi connectivity index (χ0v) is 10.5. The summed E-state index contributed by atoms with van der Waals surface area (Å²) >= 11 is 0. The SMILES string of the molecule is CCCC(C)(C)CNCCC(C)C(=O)O. The number of rotatable bonds is 8. The van der Waals surface area contributed by atoms with Gasteiger partial charge in [0.2, 0.25) is 0 Å². The first-order valence-corrected chi connectivity index (χ1v) is 5.82. The molecule has 0 spiro atoms. The van der Waals surface area contributed by atoms with Crippen LogP contribution in [0.1, 0.15) is 47.0 Å². The molecule has 0 saturated carbocycles. The van der Waals surface area contributed by atoms with Crippen LogP contribution in [-0.4, -0.2) is 24.2 Å². The van der Waals surface area contributed by atoms with Gasteiger partial charge >= 0.3 is 5.97 Å². The van der Waals surface area contributed by atoms with Crippen LogP contribution in [-0.2, 0) is 4.79 Å². The molecule has 0 amide bonds. The highest BCUT2D eigenvalue weighted by Crippen LogP contribution is 2.20. The van der Waals surface area contributed by atoms with E-state index < -0.39 is 5.97 Å². The molecule has 0 aliphatic heterocycles. The van der Waals surface area contributed by atoms with Gasteiger partial charge in [0.25, 0.3) is 0 Å². The fraction of sp³-hybridized carbons (Fsp3) is 0.917. The van der Waals surface area contributed by atoms with E-state index in [1.54, 1.807) is 6.92 Å². The Bertz CT molecular complexity index is 190. The maximum atomic E-state index is 10.6. The molecule has 0 aromatic rings. The van der Waals surface area contributed by atoms with E-state index in [1.165, 1.54) is 12.8 Å². The Morgan fingerprint density at radius 1 is 1.47 bits per heavy atom. The van der Waals surface area contributed by atoms with E-state index in [-0.39, 0.29) is 5.92 Å². The van der Waals surface area contributed by atoms with Crippen molar-refractivity contribution in [3.63, 3.8) is 0 Å². The number of nitrogens with one attached hydrogen (secondary N) is 1. The third-order valence-electron chi connectivity index (χ3n) is 2.71. The first kappa shape index (κ1) is 14.4. The molecular weight excluding hydrogens is 190 g/mol. The number of hydrogen-bond acceptors (Lipinski definition) is 2. The van der Waals surface area contributed by atoms with Gasteiger partial charge in [-0.25, -0.2) is 0 Å². The molecule has 0 aliphatic carbocycles. The van der Waals surface area contributed by atoms with Gasteiger partial charge in [-0.3, -0.25) is 4.79 Å². The largest absolute Gasteiger partial charge is 0.481 e. The molecule has 0 fully saturated rings. The van der Waals surface area contributed by atoms with Crippen molar-refractivity contribution in [1.82, 2.24) is 5.32 Å². The normalized spacial score (nSPS) is 13.9. The van der Waals surface area contributed by atoms with Crippen molar-refractivity contribution in [3.05, 3.63) is 0 Å². The van der Waals surface area contributed by atoms with Gasteiger partial charge in [-0.1, -0.05) is 34.1 Å². The van der Waals surface area contributed by atoms with Crippen LogP contribution in [0.3, 0.4) is 0 Å². The Labute approximate surface area is 93.3 Å². The fourth-order valence-corrected chi connectivity index (χ4v) is 1.63. The van der Waals surface area contributed by atoms with E-state index in [2.05, 4.69) is 26.1 Å². The van der Waals surface area contributed by atoms with Gasteiger partial charge in [0.15, 0.2) is 0 Å². The minimum Gasteiger partial charge on any atom is -0.481 e. The number of carboxylic acid groups (broad SMARTS) is 1. The smallest absolute Gasteiger partial charge is 0.306 e. The molecule has 15 heavy (non-hydrogen) atoms. The summed E-state index contributed by atoms with van der Waals surface area (Å²) < 4.78 is 0. The second kappa shape index (κ2) is 6.83. The Kier molecular flexibility index (Phi) is 6.57. The predicted molar refractivity (Wildman–Crippen MR) is 63.0 cm³/mol. The van der Waals surface area contributed by atoms with Gasteiger partial charge in [0.05, 0.1) is 5.92 Å². The third kappa shape index (κ3) is 7.37. The summed E-state index contributed by atoms with van der Waals surface area (Å²) in [5.74, 6) is -0.948. The molecule has 2 N–H and O–H groups in total. The van der Waals surface area contributed by atoms with Crippen molar-refractivity contribution in [2.24, 2.45) is 11.3 Å². The lowest BCUT2D eigenvalue weighted by atomic mass is 9.88. The quantitative estimate of drug-likeness (QED) is 0.612. The summed E-state index contributed by atoms with van der Waals surface area (Å²) in [5.41, 5.74) is 0.321. The average molecular weight is 215 g/mol. The van der Waals surface area contributed by atoms with Crippen LogP contribution in [0.2, 0.25) is 0 Å². The van der Waals surface area contributed by atoms with E-state index in [0.717, 1.165) is 13.1 Å². The Hall–Kier alpha value is -0.570. The van der Waals surface area contributed by atoms with Gasteiger partial charge in [-0.15, -0.1) is 0 Å². The first-order valence-electron chi connectivity index (χ1n) is 5.82. The third-order valence-corrected chi connectivity index (χ3v) is 2.71. The van der Waals surface area contributed by atoms with Crippen molar-refractivity contribution in [1.29, 1.82) is 0 Å². The van der Waals surface area contributed by atoms with Gasteiger partial charge in [0, 0.05) is 6.54 Å². The van der Waals surface area contributed by atoms with E-state index in [0.29, 0.717) is 11.8 Å². The fourth-order valence-electron chi connectivity index (χ4n) is 1.63. The molecule has 0 rings (SSSR count). The van der Waals surface area contributed by atoms with Crippen LogP contribution in [0.15, 0.2) is 0 Å². The number of hydrogen-bond donors (Lipinski definition) is 2. The Morgan fingerprint density at radius 2 is 2.07 bits per heavy atom. The lowest BCUT2D eigenvalue weighted by Gasteiger charge is -2.24. The molecule has 1 atom stereocenters. The zero-order valence-electron chi connectivity index (χ0n) is 10.5. The van der Waals surface area contributed by atoms with Crippen LogP contribution in [0, 0.1) is 11.3 Å². The summed E-state index contributed by atoms with van der Waals surface area (Å²) in [4.78, 5) is 10.6. The Balaban J connectivity index is 3.58. The van der Waals surface area contributed by atoms with Crippen molar-refractivity contribution in [3.8, 4) is 0 Å². The Morgan fingerprint density at radius 3 is 2.53 bits per heavy atom. The summed E-state index contributed by atoms with van der Waals surface area (Å²) in [5, 5.41) is 12.0. The minimum atomic E-state index is -0.704. The van der Waals surface area contributed by atoms with E-state index in [4.69, 9.17) is 5.11 Å². The topological polar surface area (TPSA) is 49.3 Å². The first-order chi connectivity index (χ1) is 6.89. The lowest BCUT2D eigenvalue weighted by Crippen LogP contribution is -2.31. The van der Waals surface area contributed by atoms with Gasteiger partial charge in [0.1, 0.15) is 0 Å². The highest BCUT2D eigenvalue weighted by Gasteiger charge is 2.16. The molecule has 3 nitrogen and oxygen atoms in total. The molecule has 0 aromatic carbocycles. The molecular formula is C12H25NO2. The molecule has 90 valence electrons. The van der Waals surface area contributed by atoms with Crippen molar-refractivity contribution >= 4 is 5.97 Å². The number of carboxylic acids is 1. The second-order valence-electron chi connectivity index (χ2n) is 5.12. The zero-order chi connectivity index (χ0) is 11.9. The van der Waals surface area contributed by atoms with Gasteiger partial charge < -0.3 is 10.4 Å². The van der Waals surface area contributed by atoms with E-state index in [9.17, 15) is 4.79 Å². The van der Waals surface area contributed by atoms with Crippen LogP contribution >= 0.6 is 0 Å². The summed E-state index contributed by atoms with van der Waals surface area (Å²) in [6, 6.07) is 0. The second-order valence-corrected chi connectivity index (χ2v) is 5.12. The van der Waals surface area contributed by atoms with E-state index in [1.807, 2.05) is 0 Å². The van der Waals surface area contributed by atoms with Gasteiger partial charge in [-0.05, 0) is 24.8 Å². The van der Waals surface area contributed by atoms with Crippen LogP contribution in [0.5, 0.6) is 0 Å². The molecule has 3 heteroatoms. The summed E-state index contributed by atoms with van der Waals surface area (Å²) in [6.45, 7) is 10.2. The van der Waals surface area contributed by atoms with Crippen molar-refractivity contribution in [2.45, 2.75) is 47.0 Å². The van der Waals surface area contributed by atoms with E-state index >= 15 is 0 Å². The van der Waals surface area contributed by atoms with Crippen LogP contribution in [0.25, 0.3) is 0 Å². The average Bonchev–Trinajstić information content (AvgIpc) is 2.11. The predicted octanol–water partition coefficient (Wildman–Crippen LogP) is 2.51. The molecule has 0 saturated heterocycles. The van der Waals surface area contributed by atoms with Crippen molar-refractivity contribution < 1.29 is 9.90 Å². The number of aliphatic carboxylic acids is 1. The molecule has 0 bridgehead atoms. The van der Waals surface area contributed by atoms with Crippen LogP contribution < -0.4 is 5.32 Å². The molecule has 1 unspecified atom stereocenters. The highest BCUT2D eigenvalue weighted by atomic mass is 16.4. The molecule has 0 heterocycles. The monoisotopic (exact) mass is 215 g/mol. The molecule has 0 radical (unpaired) electrons. The maximum Gasteiger partial charge on any atom is 0.306 e. The maximum absolute atomic E-state index is 10.6. The highest BCUT2D eigenvalue weighted by molar-refractivity contribution is 5.69. The van der Waals surface area contributed by atoms with Crippen molar-refractivity contribution in [2.75, 3.05) is 13.1 Å².